The summed E-state index contributed by atoms with van der Waals surface area (Å²) in [6, 6.07) is 7.99. The average Bonchev–Trinajstić information content (AvgIpc) is 2.36. The molecule has 0 fully saturated rings. The monoisotopic (exact) mass is 315 g/mol. The lowest BCUT2D eigenvalue weighted by molar-refractivity contribution is 0.0600. The number of hydrogen-bond acceptors (Lipinski definition) is 3. The molecule has 3 nitrogen and oxygen atoms in total. The Bertz CT molecular complexity index is 624. The van der Waals surface area contributed by atoms with Crippen molar-refractivity contribution in [1.82, 2.24) is 4.98 Å². The first kappa shape index (κ1) is 14.1. The van der Waals surface area contributed by atoms with Crippen LogP contribution in [0.25, 0.3) is 11.3 Å². The van der Waals surface area contributed by atoms with Gasteiger partial charge in [-0.05, 0) is 30.3 Å². The van der Waals surface area contributed by atoms with Crippen LogP contribution in [0, 0.1) is 0 Å². The molecule has 1 heterocycles. The van der Waals surface area contributed by atoms with Gasteiger partial charge in [-0.25, -0.2) is 9.78 Å². The summed E-state index contributed by atoms with van der Waals surface area (Å²) in [5, 5.41) is 1.14. The number of carbonyl (C=O) groups is 1. The molecule has 1 aromatic carbocycles. The summed E-state index contributed by atoms with van der Waals surface area (Å²) in [6.45, 7) is 0. The minimum absolute atomic E-state index is 0.189. The van der Waals surface area contributed by atoms with Crippen LogP contribution in [0.5, 0.6) is 0 Å². The molecule has 0 aliphatic rings. The van der Waals surface area contributed by atoms with Gasteiger partial charge in [0.25, 0.3) is 0 Å². The molecule has 0 spiro atoms. The van der Waals surface area contributed by atoms with E-state index in [0.717, 1.165) is 0 Å². The quantitative estimate of drug-likeness (QED) is 0.605. The maximum Gasteiger partial charge on any atom is 0.338 e. The molecule has 0 amide bonds. The molecule has 0 unspecified atom stereocenters. The number of benzene rings is 1. The lowest BCUT2D eigenvalue weighted by Crippen LogP contribution is -2.02. The third-order valence-electron chi connectivity index (χ3n) is 2.37. The largest absolute Gasteiger partial charge is 0.465 e. The summed E-state index contributed by atoms with van der Waals surface area (Å²) in [6.07, 6.45) is 0. The SMILES string of the molecule is COC(=O)c1cc(Cl)nc(-c2cc(Cl)cc(Cl)c2)c1. The molecule has 0 radical (unpaired) electrons. The second-order valence-electron chi connectivity index (χ2n) is 3.71. The Balaban J connectivity index is 2.55. The summed E-state index contributed by atoms with van der Waals surface area (Å²) in [5.74, 6) is -0.487. The first-order chi connectivity index (χ1) is 8.99. The minimum Gasteiger partial charge on any atom is -0.465 e. The number of carbonyl (C=O) groups excluding carboxylic acids is 1. The first-order valence-electron chi connectivity index (χ1n) is 5.22. The molecule has 6 heteroatoms. The van der Waals surface area contributed by atoms with Gasteiger partial charge >= 0.3 is 5.97 Å². The third-order valence-corrected chi connectivity index (χ3v) is 3.00. The van der Waals surface area contributed by atoms with E-state index in [1.807, 2.05) is 0 Å². The van der Waals surface area contributed by atoms with Gasteiger partial charge in [0.15, 0.2) is 0 Å². The van der Waals surface area contributed by atoms with Crippen LogP contribution in [0.1, 0.15) is 10.4 Å². The second-order valence-corrected chi connectivity index (χ2v) is 4.97. The molecule has 0 saturated heterocycles. The van der Waals surface area contributed by atoms with Crippen LogP contribution in [0.4, 0.5) is 0 Å². The number of halogens is 3. The molecule has 0 atom stereocenters. The molecule has 0 aliphatic heterocycles. The van der Waals surface area contributed by atoms with Gasteiger partial charge in [-0.2, -0.15) is 0 Å². The maximum absolute atomic E-state index is 11.5. The molecule has 0 aliphatic carbocycles. The summed E-state index contributed by atoms with van der Waals surface area (Å²) >= 11 is 17.8. The number of methoxy groups -OCH3 is 1. The fraction of sp³-hybridized carbons (Fsp3) is 0.0769. The molecule has 1 aromatic heterocycles. The molecular formula is C13H8Cl3NO2. The Morgan fingerprint density at radius 2 is 1.68 bits per heavy atom. The van der Waals surface area contributed by atoms with Crippen molar-refractivity contribution in [2.45, 2.75) is 0 Å². The molecule has 2 rings (SSSR count). The zero-order valence-corrected chi connectivity index (χ0v) is 12.1. The maximum atomic E-state index is 11.5. The molecule has 0 N–H and O–H groups in total. The highest BCUT2D eigenvalue weighted by atomic mass is 35.5. The van der Waals surface area contributed by atoms with Crippen molar-refractivity contribution in [2.24, 2.45) is 0 Å². The second kappa shape index (κ2) is 5.78. The molecule has 2 aromatic rings. The van der Waals surface area contributed by atoms with Crippen LogP contribution in [0.2, 0.25) is 15.2 Å². The van der Waals surface area contributed by atoms with Crippen molar-refractivity contribution in [2.75, 3.05) is 7.11 Å². The van der Waals surface area contributed by atoms with Crippen LogP contribution < -0.4 is 0 Å². The van der Waals surface area contributed by atoms with Crippen LogP contribution in [0.3, 0.4) is 0 Å². The summed E-state index contributed by atoms with van der Waals surface area (Å²) < 4.78 is 4.65. The van der Waals surface area contributed by atoms with Gasteiger partial charge in [0.1, 0.15) is 5.15 Å². The van der Waals surface area contributed by atoms with Gasteiger partial charge in [-0.15, -0.1) is 0 Å². The molecule has 0 bridgehead atoms. The predicted molar refractivity (Wildman–Crippen MR) is 76.0 cm³/mol. The third kappa shape index (κ3) is 3.38. The van der Waals surface area contributed by atoms with E-state index in [1.54, 1.807) is 24.3 Å². The fourth-order valence-electron chi connectivity index (χ4n) is 1.58. The number of ether oxygens (including phenoxy) is 1. The highest BCUT2D eigenvalue weighted by molar-refractivity contribution is 6.35. The number of nitrogens with zero attached hydrogens (tertiary/aromatic N) is 1. The first-order valence-corrected chi connectivity index (χ1v) is 6.35. The van der Waals surface area contributed by atoms with Crippen molar-refractivity contribution < 1.29 is 9.53 Å². The van der Waals surface area contributed by atoms with Gasteiger partial charge in [-0.1, -0.05) is 34.8 Å². The van der Waals surface area contributed by atoms with Crippen LogP contribution >= 0.6 is 34.8 Å². The van der Waals surface area contributed by atoms with Crippen LogP contribution in [-0.2, 0) is 4.74 Å². The Morgan fingerprint density at radius 3 is 2.26 bits per heavy atom. The number of hydrogen-bond donors (Lipinski definition) is 0. The highest BCUT2D eigenvalue weighted by Gasteiger charge is 2.11. The van der Waals surface area contributed by atoms with Crippen molar-refractivity contribution in [3.8, 4) is 11.3 Å². The summed E-state index contributed by atoms with van der Waals surface area (Å²) in [4.78, 5) is 15.7. The smallest absolute Gasteiger partial charge is 0.338 e. The van der Waals surface area contributed by atoms with E-state index in [-0.39, 0.29) is 5.15 Å². The number of esters is 1. The molecule has 0 saturated carbocycles. The van der Waals surface area contributed by atoms with Gasteiger partial charge in [0.05, 0.1) is 18.4 Å². The van der Waals surface area contributed by atoms with Crippen molar-refractivity contribution >= 4 is 40.8 Å². The van der Waals surface area contributed by atoms with E-state index < -0.39 is 5.97 Å². The number of rotatable bonds is 2. The number of aromatic nitrogens is 1. The molecule has 98 valence electrons. The van der Waals surface area contributed by atoms with Crippen LogP contribution in [-0.4, -0.2) is 18.1 Å². The molecular weight excluding hydrogens is 309 g/mol. The Hall–Kier alpha value is -1.29. The zero-order chi connectivity index (χ0) is 14.0. The zero-order valence-electron chi connectivity index (χ0n) is 9.78. The highest BCUT2D eigenvalue weighted by Crippen LogP contribution is 2.27. The Labute approximate surface area is 125 Å². The van der Waals surface area contributed by atoms with Gasteiger partial charge < -0.3 is 4.74 Å². The van der Waals surface area contributed by atoms with Crippen molar-refractivity contribution in [3.05, 3.63) is 51.1 Å². The van der Waals surface area contributed by atoms with E-state index >= 15 is 0 Å². The van der Waals surface area contributed by atoms with E-state index in [0.29, 0.717) is 26.9 Å². The standard InChI is InChI=1S/C13H8Cl3NO2/c1-19-13(18)8-4-11(17-12(16)5-8)7-2-9(14)6-10(15)3-7/h2-6H,1H3. The summed E-state index contributed by atoms with van der Waals surface area (Å²) in [5.41, 5.74) is 1.48. The van der Waals surface area contributed by atoms with Gasteiger partial charge in [0.2, 0.25) is 0 Å². The average molecular weight is 317 g/mol. The van der Waals surface area contributed by atoms with E-state index in [9.17, 15) is 4.79 Å². The van der Waals surface area contributed by atoms with Gasteiger partial charge in [0, 0.05) is 15.6 Å². The normalized spacial score (nSPS) is 10.3. The van der Waals surface area contributed by atoms with E-state index in [4.69, 9.17) is 34.8 Å². The summed E-state index contributed by atoms with van der Waals surface area (Å²) in [7, 11) is 1.30. The Kier molecular flexibility index (Phi) is 4.30. The topological polar surface area (TPSA) is 39.2 Å². The molecule has 19 heavy (non-hydrogen) atoms. The number of pyridine rings is 1. The lowest BCUT2D eigenvalue weighted by atomic mass is 10.1. The van der Waals surface area contributed by atoms with Crippen molar-refractivity contribution in [3.63, 3.8) is 0 Å². The van der Waals surface area contributed by atoms with Gasteiger partial charge in [-0.3, -0.25) is 0 Å². The predicted octanol–water partition coefficient (Wildman–Crippen LogP) is 4.50. The fourth-order valence-corrected chi connectivity index (χ4v) is 2.32. The van der Waals surface area contributed by atoms with Crippen molar-refractivity contribution in [1.29, 1.82) is 0 Å². The Morgan fingerprint density at radius 1 is 1.05 bits per heavy atom. The van der Waals surface area contributed by atoms with E-state index in [2.05, 4.69) is 9.72 Å². The lowest BCUT2D eigenvalue weighted by Gasteiger charge is -2.06. The van der Waals surface area contributed by atoms with E-state index in [1.165, 1.54) is 13.2 Å². The van der Waals surface area contributed by atoms with Crippen LogP contribution in [0.15, 0.2) is 30.3 Å². The minimum atomic E-state index is -0.487.